The molecule has 0 amide bonds. The molecule has 3 rings (SSSR count). The molecular formula is C15H11KN4O2. The molecule has 7 heteroatoms. The summed E-state index contributed by atoms with van der Waals surface area (Å²) in [6, 6.07) is 12.7. The first kappa shape index (κ1) is 17.0. The Hall–Kier alpha value is -1.38. The zero-order chi connectivity index (χ0) is 14.7. The molecule has 104 valence electrons. The summed E-state index contributed by atoms with van der Waals surface area (Å²) < 4.78 is 1.68. The van der Waals surface area contributed by atoms with Gasteiger partial charge in [-0.3, -0.25) is 4.98 Å². The van der Waals surface area contributed by atoms with E-state index in [1.165, 1.54) is 18.3 Å². The predicted molar refractivity (Wildman–Crippen MR) is 73.1 cm³/mol. The average molecular weight is 318 g/mol. The van der Waals surface area contributed by atoms with Gasteiger partial charge >= 0.3 is 51.4 Å². The van der Waals surface area contributed by atoms with Gasteiger partial charge in [-0.2, -0.15) is 0 Å². The first-order valence-corrected chi connectivity index (χ1v) is 6.34. The van der Waals surface area contributed by atoms with Crippen molar-refractivity contribution in [1.29, 1.82) is 0 Å². The number of pyridine rings is 1. The second-order valence-electron chi connectivity index (χ2n) is 4.50. The summed E-state index contributed by atoms with van der Waals surface area (Å²) >= 11 is 0. The van der Waals surface area contributed by atoms with E-state index in [1.54, 1.807) is 10.9 Å². The predicted octanol–water partition coefficient (Wildman–Crippen LogP) is -2.24. The Kier molecular flexibility index (Phi) is 5.98. The van der Waals surface area contributed by atoms with Gasteiger partial charge in [-0.25, -0.2) is 4.68 Å². The van der Waals surface area contributed by atoms with Gasteiger partial charge in [0.2, 0.25) is 0 Å². The molecule has 1 aromatic carbocycles. The molecule has 0 N–H and O–H groups in total. The molecule has 0 unspecified atom stereocenters. The van der Waals surface area contributed by atoms with Gasteiger partial charge in [-0.15, -0.1) is 5.10 Å². The van der Waals surface area contributed by atoms with Gasteiger partial charge in [0.15, 0.2) is 0 Å². The molecule has 3 aromatic rings. The van der Waals surface area contributed by atoms with Crippen molar-refractivity contribution in [3.05, 3.63) is 66.0 Å². The number of carbonyl (C=O) groups excluding carboxylic acids is 1. The van der Waals surface area contributed by atoms with Gasteiger partial charge in [0.25, 0.3) is 0 Å². The third-order valence-electron chi connectivity index (χ3n) is 2.98. The van der Waals surface area contributed by atoms with Crippen LogP contribution in [0.3, 0.4) is 0 Å². The summed E-state index contributed by atoms with van der Waals surface area (Å²) in [6.45, 7) is 0.591. The van der Waals surface area contributed by atoms with Crippen molar-refractivity contribution in [3.8, 4) is 11.4 Å². The number of carboxylic acid groups (broad SMARTS) is 1. The standard InChI is InChI=1S/C15H12N4O2.K/c20-15(21)12-6-7-16-13(8-12)14-10-19(18-17-14)9-11-4-2-1-3-5-11;/h1-8,10H,9H2,(H,20,21);/q;+1/p-1. The molecule has 0 radical (unpaired) electrons. The Balaban J connectivity index is 0.00000176. The van der Waals surface area contributed by atoms with E-state index in [1.807, 2.05) is 30.3 Å². The molecule has 0 spiro atoms. The van der Waals surface area contributed by atoms with Crippen molar-refractivity contribution in [2.45, 2.75) is 6.54 Å². The maximum absolute atomic E-state index is 10.9. The largest absolute Gasteiger partial charge is 1.00 e. The van der Waals surface area contributed by atoms with E-state index in [0.717, 1.165) is 5.56 Å². The van der Waals surface area contributed by atoms with E-state index in [4.69, 9.17) is 0 Å². The van der Waals surface area contributed by atoms with Crippen LogP contribution in [0.15, 0.2) is 54.9 Å². The number of rotatable bonds is 4. The van der Waals surface area contributed by atoms with Crippen LogP contribution in [0.5, 0.6) is 0 Å². The number of carboxylic acids is 1. The van der Waals surface area contributed by atoms with Crippen LogP contribution in [0, 0.1) is 0 Å². The second kappa shape index (κ2) is 7.75. The maximum Gasteiger partial charge on any atom is 1.00 e. The molecule has 0 fully saturated rings. The molecule has 0 aliphatic rings. The van der Waals surface area contributed by atoms with Crippen LogP contribution >= 0.6 is 0 Å². The molecule has 2 heterocycles. The van der Waals surface area contributed by atoms with Crippen LogP contribution in [-0.2, 0) is 6.54 Å². The molecule has 2 aromatic heterocycles. The Morgan fingerprint density at radius 3 is 2.64 bits per heavy atom. The van der Waals surface area contributed by atoms with Crippen LogP contribution in [0.2, 0.25) is 0 Å². The Labute approximate surface area is 169 Å². The van der Waals surface area contributed by atoms with E-state index in [-0.39, 0.29) is 56.9 Å². The molecule has 0 saturated heterocycles. The number of hydrogen-bond acceptors (Lipinski definition) is 5. The number of aromatic nitrogens is 4. The number of benzene rings is 1. The van der Waals surface area contributed by atoms with Crippen LogP contribution in [0.4, 0.5) is 0 Å². The normalized spacial score (nSPS) is 10.0. The van der Waals surface area contributed by atoms with Gasteiger partial charge < -0.3 is 9.90 Å². The van der Waals surface area contributed by atoms with E-state index in [0.29, 0.717) is 17.9 Å². The average Bonchev–Trinajstić information content (AvgIpc) is 2.97. The Bertz CT molecular complexity index is 774. The van der Waals surface area contributed by atoms with Crippen LogP contribution in [0.1, 0.15) is 15.9 Å². The molecular weight excluding hydrogens is 307 g/mol. The summed E-state index contributed by atoms with van der Waals surface area (Å²) in [5.74, 6) is -1.24. The van der Waals surface area contributed by atoms with Crippen molar-refractivity contribution in [1.82, 2.24) is 20.0 Å². The van der Waals surface area contributed by atoms with Crippen molar-refractivity contribution in [2.24, 2.45) is 0 Å². The van der Waals surface area contributed by atoms with Gasteiger partial charge in [0, 0.05) is 11.8 Å². The first-order valence-electron chi connectivity index (χ1n) is 6.34. The zero-order valence-electron chi connectivity index (χ0n) is 12.0. The third-order valence-corrected chi connectivity index (χ3v) is 2.98. The minimum atomic E-state index is -1.24. The van der Waals surface area contributed by atoms with E-state index in [9.17, 15) is 9.90 Å². The van der Waals surface area contributed by atoms with Gasteiger partial charge in [-0.1, -0.05) is 35.5 Å². The quantitative estimate of drug-likeness (QED) is 0.508. The molecule has 0 atom stereocenters. The monoisotopic (exact) mass is 318 g/mol. The molecule has 0 aliphatic heterocycles. The minimum absolute atomic E-state index is 0. The molecule has 0 saturated carbocycles. The Morgan fingerprint density at radius 2 is 1.91 bits per heavy atom. The van der Waals surface area contributed by atoms with Crippen LogP contribution < -0.4 is 56.5 Å². The second-order valence-corrected chi connectivity index (χ2v) is 4.50. The number of nitrogens with zero attached hydrogens (tertiary/aromatic N) is 4. The number of aromatic carboxylic acids is 1. The number of carbonyl (C=O) groups is 1. The van der Waals surface area contributed by atoms with Crippen LogP contribution in [0.25, 0.3) is 11.4 Å². The fourth-order valence-corrected chi connectivity index (χ4v) is 1.96. The van der Waals surface area contributed by atoms with E-state index in [2.05, 4.69) is 15.3 Å². The zero-order valence-corrected chi connectivity index (χ0v) is 15.1. The summed E-state index contributed by atoms with van der Waals surface area (Å²) in [4.78, 5) is 15.0. The molecule has 6 nitrogen and oxygen atoms in total. The van der Waals surface area contributed by atoms with Crippen molar-refractivity contribution < 1.29 is 61.3 Å². The number of hydrogen-bond donors (Lipinski definition) is 0. The SMILES string of the molecule is O=C([O-])c1ccnc(-c2cn(Cc3ccccc3)nn2)c1.[K+]. The minimum Gasteiger partial charge on any atom is -0.545 e. The maximum atomic E-state index is 10.9. The summed E-state index contributed by atoms with van der Waals surface area (Å²) in [5.41, 5.74) is 2.15. The topological polar surface area (TPSA) is 83.7 Å². The van der Waals surface area contributed by atoms with E-state index < -0.39 is 5.97 Å². The van der Waals surface area contributed by atoms with Crippen molar-refractivity contribution in [2.75, 3.05) is 0 Å². The fraction of sp³-hybridized carbons (Fsp3) is 0.0667. The molecule has 0 aliphatic carbocycles. The van der Waals surface area contributed by atoms with Crippen molar-refractivity contribution >= 4 is 5.97 Å². The van der Waals surface area contributed by atoms with Gasteiger partial charge in [-0.05, 0) is 17.7 Å². The Morgan fingerprint density at radius 1 is 1.14 bits per heavy atom. The summed E-state index contributed by atoms with van der Waals surface area (Å²) in [5, 5.41) is 18.9. The van der Waals surface area contributed by atoms with E-state index >= 15 is 0 Å². The smallest absolute Gasteiger partial charge is 0.545 e. The molecule has 0 bridgehead atoms. The molecule has 22 heavy (non-hydrogen) atoms. The van der Waals surface area contributed by atoms with Crippen LogP contribution in [-0.4, -0.2) is 25.9 Å². The van der Waals surface area contributed by atoms with Gasteiger partial charge in [0.1, 0.15) is 5.69 Å². The summed E-state index contributed by atoms with van der Waals surface area (Å²) in [7, 11) is 0. The third kappa shape index (κ3) is 4.08. The van der Waals surface area contributed by atoms with Gasteiger partial charge in [0.05, 0.1) is 24.4 Å². The van der Waals surface area contributed by atoms with Crippen molar-refractivity contribution in [3.63, 3.8) is 0 Å². The summed E-state index contributed by atoms with van der Waals surface area (Å²) in [6.07, 6.45) is 3.14. The fourth-order valence-electron chi connectivity index (χ4n) is 1.96. The first-order chi connectivity index (χ1) is 10.2.